The first-order chi connectivity index (χ1) is 12.9. The van der Waals surface area contributed by atoms with E-state index in [9.17, 15) is 4.79 Å². The van der Waals surface area contributed by atoms with Crippen molar-refractivity contribution in [2.24, 2.45) is 5.10 Å². The predicted molar refractivity (Wildman–Crippen MR) is 125 cm³/mol. The van der Waals surface area contributed by atoms with E-state index in [1.807, 2.05) is 32.9 Å². The molecule has 1 amide bonds. The highest BCUT2D eigenvalue weighted by molar-refractivity contribution is 14.1. The molecule has 0 spiro atoms. The van der Waals surface area contributed by atoms with Crippen molar-refractivity contribution in [1.29, 1.82) is 0 Å². The third-order valence-electron chi connectivity index (χ3n) is 3.34. The molecule has 2 aromatic carbocycles. The Hall–Kier alpha value is -1.36. The van der Waals surface area contributed by atoms with Gasteiger partial charge in [0.15, 0.2) is 0 Å². The second-order valence-corrected chi connectivity index (χ2v) is 8.38. The van der Waals surface area contributed by atoms with E-state index in [4.69, 9.17) is 9.47 Å². The predicted octanol–water partition coefficient (Wildman–Crippen LogP) is 5.24. The standard InChI is InChI=1S/C20H22I2N2O3/c1-4-9-26-16-7-5-15(6-8-16)20(25)24-23-12-14-10-17(21)19(18(22)11-14)27-13(2)3/h5-8,10-13H,4,9H2,1-3H3,(H,24,25)/b23-12+. The molecular formula is C20H22I2N2O3. The third-order valence-corrected chi connectivity index (χ3v) is 4.95. The number of carbonyl (C=O) groups is 1. The summed E-state index contributed by atoms with van der Waals surface area (Å²) in [6.07, 6.45) is 2.68. The van der Waals surface area contributed by atoms with Crippen LogP contribution in [0, 0.1) is 7.14 Å². The minimum Gasteiger partial charge on any atom is -0.494 e. The zero-order valence-corrected chi connectivity index (χ0v) is 19.8. The number of benzene rings is 2. The Kier molecular flexibility index (Phi) is 8.81. The van der Waals surface area contributed by atoms with Crippen LogP contribution in [-0.2, 0) is 0 Å². The van der Waals surface area contributed by atoms with Gasteiger partial charge in [-0.25, -0.2) is 5.43 Å². The maximum Gasteiger partial charge on any atom is 0.271 e. The number of hydrogen-bond acceptors (Lipinski definition) is 4. The molecule has 1 N–H and O–H groups in total. The van der Waals surface area contributed by atoms with E-state index in [0.29, 0.717) is 12.2 Å². The zero-order valence-electron chi connectivity index (χ0n) is 15.5. The van der Waals surface area contributed by atoms with E-state index in [0.717, 1.165) is 30.6 Å². The molecule has 0 bridgehead atoms. The maximum atomic E-state index is 12.2. The Bertz CT molecular complexity index is 782. The Labute approximate surface area is 187 Å². The average Bonchev–Trinajstić information content (AvgIpc) is 2.63. The van der Waals surface area contributed by atoms with Crippen LogP contribution in [0.2, 0.25) is 0 Å². The monoisotopic (exact) mass is 592 g/mol. The molecule has 0 unspecified atom stereocenters. The van der Waals surface area contributed by atoms with Crippen molar-refractivity contribution in [2.45, 2.75) is 33.3 Å². The summed E-state index contributed by atoms with van der Waals surface area (Å²) in [7, 11) is 0. The Balaban J connectivity index is 1.99. The van der Waals surface area contributed by atoms with Crippen molar-refractivity contribution in [3.63, 3.8) is 0 Å². The number of ether oxygens (including phenoxy) is 2. The van der Waals surface area contributed by atoms with Crippen molar-refractivity contribution in [2.75, 3.05) is 6.61 Å². The van der Waals surface area contributed by atoms with Crippen LogP contribution < -0.4 is 14.9 Å². The average molecular weight is 592 g/mol. The molecule has 0 aliphatic rings. The quantitative estimate of drug-likeness (QED) is 0.260. The van der Waals surface area contributed by atoms with Crippen LogP contribution in [0.5, 0.6) is 11.5 Å². The molecule has 0 fully saturated rings. The van der Waals surface area contributed by atoms with Gasteiger partial charge in [-0.15, -0.1) is 0 Å². The summed E-state index contributed by atoms with van der Waals surface area (Å²) < 4.78 is 13.3. The topological polar surface area (TPSA) is 59.9 Å². The molecule has 2 aromatic rings. The second kappa shape index (κ2) is 10.8. The van der Waals surface area contributed by atoms with Gasteiger partial charge in [0.25, 0.3) is 5.91 Å². The third kappa shape index (κ3) is 6.95. The molecule has 0 radical (unpaired) electrons. The number of rotatable bonds is 8. The Morgan fingerprint density at radius 3 is 2.37 bits per heavy atom. The summed E-state index contributed by atoms with van der Waals surface area (Å²) in [5.74, 6) is 1.36. The number of halogens is 2. The fourth-order valence-electron chi connectivity index (χ4n) is 2.15. The molecular weight excluding hydrogens is 570 g/mol. The summed E-state index contributed by atoms with van der Waals surface area (Å²) in [6.45, 7) is 6.71. The number of nitrogens with one attached hydrogen (secondary N) is 1. The van der Waals surface area contributed by atoms with Crippen molar-refractivity contribution in [3.05, 3.63) is 54.7 Å². The van der Waals surface area contributed by atoms with Gasteiger partial charge in [-0.1, -0.05) is 6.92 Å². The minimum atomic E-state index is -0.266. The lowest BCUT2D eigenvalue weighted by Crippen LogP contribution is -2.17. The molecule has 7 heteroatoms. The summed E-state index contributed by atoms with van der Waals surface area (Å²) in [4.78, 5) is 12.2. The number of amides is 1. The van der Waals surface area contributed by atoms with E-state index in [1.54, 1.807) is 30.5 Å². The van der Waals surface area contributed by atoms with Crippen molar-refractivity contribution in [3.8, 4) is 11.5 Å². The number of nitrogens with zero attached hydrogens (tertiary/aromatic N) is 1. The van der Waals surface area contributed by atoms with Crippen LogP contribution in [0.3, 0.4) is 0 Å². The van der Waals surface area contributed by atoms with Gasteiger partial charge >= 0.3 is 0 Å². The number of hydrazone groups is 1. The smallest absolute Gasteiger partial charge is 0.271 e. The molecule has 0 saturated heterocycles. The fraction of sp³-hybridized carbons (Fsp3) is 0.300. The van der Waals surface area contributed by atoms with Crippen LogP contribution in [0.25, 0.3) is 0 Å². The lowest BCUT2D eigenvalue weighted by molar-refractivity contribution is 0.0955. The van der Waals surface area contributed by atoms with Gasteiger partial charge in [0, 0.05) is 5.56 Å². The zero-order chi connectivity index (χ0) is 19.8. The lowest BCUT2D eigenvalue weighted by Gasteiger charge is -2.14. The van der Waals surface area contributed by atoms with Gasteiger partial charge in [0.1, 0.15) is 11.5 Å². The first kappa shape index (κ1) is 21.9. The normalized spacial score (nSPS) is 11.0. The molecule has 0 aliphatic heterocycles. The fourth-order valence-corrected chi connectivity index (χ4v) is 4.23. The molecule has 144 valence electrons. The number of carbonyl (C=O) groups excluding carboxylic acids is 1. The summed E-state index contributed by atoms with van der Waals surface area (Å²) in [5, 5.41) is 4.06. The largest absolute Gasteiger partial charge is 0.494 e. The molecule has 0 aromatic heterocycles. The van der Waals surface area contributed by atoms with Crippen LogP contribution in [0.1, 0.15) is 43.1 Å². The highest BCUT2D eigenvalue weighted by Crippen LogP contribution is 2.29. The first-order valence-electron chi connectivity index (χ1n) is 8.62. The van der Waals surface area contributed by atoms with Crippen LogP contribution >= 0.6 is 45.2 Å². The van der Waals surface area contributed by atoms with E-state index in [1.165, 1.54) is 0 Å². The molecule has 0 saturated carbocycles. The summed E-state index contributed by atoms with van der Waals surface area (Å²) in [6, 6.07) is 10.9. The van der Waals surface area contributed by atoms with Crippen molar-refractivity contribution >= 4 is 57.3 Å². The molecule has 2 rings (SSSR count). The van der Waals surface area contributed by atoms with Gasteiger partial charge in [-0.3, -0.25) is 4.79 Å². The van der Waals surface area contributed by atoms with Crippen LogP contribution in [0.15, 0.2) is 41.5 Å². The molecule has 5 nitrogen and oxygen atoms in total. The van der Waals surface area contributed by atoms with Gasteiger partial charge in [0.2, 0.25) is 0 Å². The first-order valence-corrected chi connectivity index (χ1v) is 10.8. The molecule has 0 heterocycles. The maximum absolute atomic E-state index is 12.2. The van der Waals surface area contributed by atoms with Gasteiger partial charge in [-0.05, 0) is 107 Å². The van der Waals surface area contributed by atoms with E-state index < -0.39 is 0 Å². The Morgan fingerprint density at radius 2 is 1.81 bits per heavy atom. The minimum absolute atomic E-state index is 0.115. The van der Waals surface area contributed by atoms with Crippen molar-refractivity contribution < 1.29 is 14.3 Å². The highest BCUT2D eigenvalue weighted by atomic mass is 127. The molecule has 0 aliphatic carbocycles. The molecule has 0 atom stereocenters. The second-order valence-electron chi connectivity index (χ2n) is 6.05. The van der Waals surface area contributed by atoms with E-state index >= 15 is 0 Å². The lowest BCUT2D eigenvalue weighted by atomic mass is 10.2. The van der Waals surface area contributed by atoms with Crippen LogP contribution in [0.4, 0.5) is 0 Å². The number of hydrogen-bond donors (Lipinski definition) is 1. The Morgan fingerprint density at radius 1 is 1.19 bits per heavy atom. The van der Waals surface area contributed by atoms with E-state index in [2.05, 4.69) is 55.7 Å². The van der Waals surface area contributed by atoms with E-state index in [-0.39, 0.29) is 12.0 Å². The summed E-state index contributed by atoms with van der Waals surface area (Å²) in [5.41, 5.74) is 3.97. The van der Waals surface area contributed by atoms with Crippen molar-refractivity contribution in [1.82, 2.24) is 5.43 Å². The van der Waals surface area contributed by atoms with Crippen LogP contribution in [-0.4, -0.2) is 24.8 Å². The SMILES string of the molecule is CCCOc1ccc(C(=O)N/N=C/c2cc(I)c(OC(C)C)c(I)c2)cc1. The highest BCUT2D eigenvalue weighted by Gasteiger charge is 2.10. The van der Waals surface area contributed by atoms with Gasteiger partial charge < -0.3 is 9.47 Å². The van der Waals surface area contributed by atoms with Gasteiger partial charge in [-0.2, -0.15) is 5.10 Å². The van der Waals surface area contributed by atoms with Gasteiger partial charge in [0.05, 0.1) is 26.1 Å². The summed E-state index contributed by atoms with van der Waals surface area (Å²) >= 11 is 4.48. The molecule has 27 heavy (non-hydrogen) atoms.